The highest BCUT2D eigenvalue weighted by atomic mass is 35.5. The summed E-state index contributed by atoms with van der Waals surface area (Å²) < 4.78 is 0. The van der Waals surface area contributed by atoms with Gasteiger partial charge in [0.15, 0.2) is 0 Å². The van der Waals surface area contributed by atoms with E-state index in [0.717, 1.165) is 16.7 Å². The zero-order valence-corrected chi connectivity index (χ0v) is 11.4. The van der Waals surface area contributed by atoms with Crippen LogP contribution >= 0.6 is 11.6 Å². The Bertz CT molecular complexity index is 566. The molecule has 0 atom stereocenters. The third kappa shape index (κ3) is 2.89. The average Bonchev–Trinajstić information content (AvgIpc) is 2.25. The van der Waals surface area contributed by atoms with Gasteiger partial charge in [0, 0.05) is 24.0 Å². The Morgan fingerprint density at radius 2 is 2.06 bits per heavy atom. The molecule has 5 heteroatoms. The van der Waals surface area contributed by atoms with Gasteiger partial charge in [-0.25, -0.2) is 9.97 Å². The van der Waals surface area contributed by atoms with Gasteiger partial charge in [-0.05, 0) is 32.0 Å². The lowest BCUT2D eigenvalue weighted by atomic mass is 10.1. The Morgan fingerprint density at radius 1 is 1.33 bits per heavy atom. The van der Waals surface area contributed by atoms with Crippen molar-refractivity contribution in [2.45, 2.75) is 19.4 Å². The molecular weight excluding hydrogens is 250 g/mol. The first-order valence-corrected chi connectivity index (χ1v) is 6.08. The van der Waals surface area contributed by atoms with Crippen LogP contribution in [0.5, 0.6) is 0 Å². The Labute approximate surface area is 111 Å². The Morgan fingerprint density at radius 3 is 2.72 bits per heavy atom. The number of rotatable bonds is 3. The first-order chi connectivity index (χ1) is 8.37. The minimum atomic E-state index is -0.779. The summed E-state index contributed by atoms with van der Waals surface area (Å²) in [5.41, 5.74) is 0.0217. The molecule has 2 rings (SSSR count). The van der Waals surface area contributed by atoms with Gasteiger partial charge in [-0.2, -0.15) is 0 Å². The van der Waals surface area contributed by atoms with Gasteiger partial charge in [0.05, 0.1) is 11.1 Å². The smallest absolute Gasteiger partial charge is 0.139 e. The lowest BCUT2D eigenvalue weighted by Gasteiger charge is -2.27. The van der Waals surface area contributed by atoms with E-state index in [1.165, 1.54) is 6.33 Å². The summed E-state index contributed by atoms with van der Waals surface area (Å²) in [6.07, 6.45) is 1.51. The molecule has 0 amide bonds. The molecule has 0 aliphatic carbocycles. The zero-order valence-electron chi connectivity index (χ0n) is 10.7. The number of aromatic nitrogens is 2. The highest BCUT2D eigenvalue weighted by molar-refractivity contribution is 6.31. The van der Waals surface area contributed by atoms with E-state index in [0.29, 0.717) is 11.6 Å². The topological polar surface area (TPSA) is 49.2 Å². The van der Waals surface area contributed by atoms with E-state index < -0.39 is 5.60 Å². The first kappa shape index (κ1) is 13.1. The van der Waals surface area contributed by atoms with Crippen molar-refractivity contribution in [3.05, 3.63) is 29.5 Å². The number of hydrogen-bond acceptors (Lipinski definition) is 4. The number of nitrogens with zero attached hydrogens (tertiary/aromatic N) is 3. The molecule has 2 aromatic rings. The van der Waals surface area contributed by atoms with Crippen LogP contribution in [0.15, 0.2) is 24.5 Å². The van der Waals surface area contributed by atoms with Crippen molar-refractivity contribution in [1.29, 1.82) is 0 Å². The molecule has 0 saturated carbocycles. The highest BCUT2D eigenvalue weighted by Gasteiger charge is 2.18. The molecule has 18 heavy (non-hydrogen) atoms. The zero-order chi connectivity index (χ0) is 13.3. The molecule has 1 heterocycles. The minimum Gasteiger partial charge on any atom is -0.389 e. The van der Waals surface area contributed by atoms with Crippen LogP contribution < -0.4 is 4.90 Å². The molecule has 1 N–H and O–H groups in total. The number of halogens is 1. The van der Waals surface area contributed by atoms with Crippen molar-refractivity contribution in [3.8, 4) is 0 Å². The third-order valence-electron chi connectivity index (χ3n) is 2.56. The van der Waals surface area contributed by atoms with E-state index in [2.05, 4.69) is 9.97 Å². The van der Waals surface area contributed by atoms with Gasteiger partial charge in [-0.15, -0.1) is 0 Å². The maximum absolute atomic E-state index is 9.86. The van der Waals surface area contributed by atoms with Crippen LogP contribution in [0.4, 0.5) is 5.82 Å². The summed E-state index contributed by atoms with van der Waals surface area (Å²) in [7, 11) is 1.90. The van der Waals surface area contributed by atoms with Crippen LogP contribution in [0, 0.1) is 0 Å². The maximum Gasteiger partial charge on any atom is 0.139 e. The molecule has 0 bridgehead atoms. The molecule has 0 spiro atoms. The number of anilines is 1. The van der Waals surface area contributed by atoms with Crippen molar-refractivity contribution < 1.29 is 5.11 Å². The van der Waals surface area contributed by atoms with Gasteiger partial charge >= 0.3 is 0 Å². The monoisotopic (exact) mass is 265 g/mol. The van der Waals surface area contributed by atoms with Gasteiger partial charge in [-0.3, -0.25) is 0 Å². The van der Waals surface area contributed by atoms with Crippen LogP contribution in [0.1, 0.15) is 13.8 Å². The molecule has 1 aromatic heterocycles. The van der Waals surface area contributed by atoms with Crippen molar-refractivity contribution >= 4 is 28.3 Å². The lowest BCUT2D eigenvalue weighted by Crippen LogP contribution is -2.36. The highest BCUT2D eigenvalue weighted by Crippen LogP contribution is 2.25. The van der Waals surface area contributed by atoms with E-state index in [1.54, 1.807) is 19.9 Å². The van der Waals surface area contributed by atoms with Gasteiger partial charge in [-0.1, -0.05) is 11.6 Å². The van der Waals surface area contributed by atoms with Gasteiger partial charge in [0.2, 0.25) is 0 Å². The fourth-order valence-corrected chi connectivity index (χ4v) is 2.14. The number of aliphatic hydroxyl groups is 1. The molecule has 1 aromatic carbocycles. The number of likely N-dealkylation sites (N-methyl/N-ethyl adjacent to an activating group) is 1. The van der Waals surface area contributed by atoms with E-state index in [-0.39, 0.29) is 0 Å². The summed E-state index contributed by atoms with van der Waals surface area (Å²) in [4.78, 5) is 10.4. The first-order valence-electron chi connectivity index (χ1n) is 5.70. The maximum atomic E-state index is 9.86. The van der Waals surface area contributed by atoms with Crippen LogP contribution in [0.3, 0.4) is 0 Å². The molecule has 0 unspecified atom stereocenters. The molecule has 96 valence electrons. The lowest BCUT2D eigenvalue weighted by molar-refractivity contribution is 0.0885. The summed E-state index contributed by atoms with van der Waals surface area (Å²) in [5, 5.41) is 11.4. The van der Waals surface area contributed by atoms with E-state index in [4.69, 9.17) is 11.6 Å². The predicted molar refractivity (Wildman–Crippen MR) is 74.1 cm³/mol. The Kier molecular flexibility index (Phi) is 3.41. The largest absolute Gasteiger partial charge is 0.389 e. The van der Waals surface area contributed by atoms with Crippen LogP contribution in [-0.2, 0) is 0 Å². The summed E-state index contributed by atoms with van der Waals surface area (Å²) >= 11 is 5.94. The van der Waals surface area contributed by atoms with Crippen molar-refractivity contribution in [1.82, 2.24) is 9.97 Å². The Balaban J connectivity index is 2.45. The van der Waals surface area contributed by atoms with Gasteiger partial charge < -0.3 is 10.0 Å². The number of benzene rings is 1. The second kappa shape index (κ2) is 4.71. The second-order valence-corrected chi connectivity index (χ2v) is 5.46. The summed E-state index contributed by atoms with van der Waals surface area (Å²) in [6.45, 7) is 4.02. The normalized spacial score (nSPS) is 11.8. The molecule has 0 aliphatic rings. The fraction of sp³-hybridized carbons (Fsp3) is 0.385. The second-order valence-electron chi connectivity index (χ2n) is 5.03. The summed E-state index contributed by atoms with van der Waals surface area (Å²) in [5.74, 6) is 0.791. The predicted octanol–water partition coefficient (Wildman–Crippen LogP) is 2.49. The molecule has 0 radical (unpaired) electrons. The average molecular weight is 266 g/mol. The number of fused-ring (bicyclic) bond motifs is 1. The van der Waals surface area contributed by atoms with E-state index >= 15 is 0 Å². The quantitative estimate of drug-likeness (QED) is 0.926. The molecule has 0 fully saturated rings. The van der Waals surface area contributed by atoms with Crippen LogP contribution in [0.2, 0.25) is 5.02 Å². The van der Waals surface area contributed by atoms with Crippen molar-refractivity contribution in [3.63, 3.8) is 0 Å². The van der Waals surface area contributed by atoms with Crippen molar-refractivity contribution in [2.75, 3.05) is 18.5 Å². The molecule has 0 aliphatic heterocycles. The number of hydrogen-bond donors (Lipinski definition) is 1. The minimum absolute atomic E-state index is 0.488. The fourth-order valence-electron chi connectivity index (χ4n) is 1.98. The van der Waals surface area contributed by atoms with E-state index in [1.807, 2.05) is 24.1 Å². The standard InChI is InChI=1S/C13H16ClN3O/c1-13(2,18)7-17(3)12-10-5-4-9(14)6-11(10)15-8-16-12/h4-6,8,18H,7H2,1-3H3. The third-order valence-corrected chi connectivity index (χ3v) is 2.80. The van der Waals surface area contributed by atoms with Crippen molar-refractivity contribution in [2.24, 2.45) is 0 Å². The van der Waals surface area contributed by atoms with Crippen LogP contribution in [-0.4, -0.2) is 34.3 Å². The van der Waals surface area contributed by atoms with E-state index in [9.17, 15) is 5.11 Å². The molecule has 0 saturated heterocycles. The summed E-state index contributed by atoms with van der Waals surface area (Å²) in [6, 6.07) is 5.52. The SMILES string of the molecule is CN(CC(C)(C)O)c1ncnc2cc(Cl)ccc12. The molecule has 4 nitrogen and oxygen atoms in total. The Hall–Kier alpha value is -1.39. The van der Waals surface area contributed by atoms with Gasteiger partial charge in [0.25, 0.3) is 0 Å². The van der Waals surface area contributed by atoms with Crippen LogP contribution in [0.25, 0.3) is 10.9 Å². The van der Waals surface area contributed by atoms with Gasteiger partial charge in [0.1, 0.15) is 12.1 Å². The molecular formula is C13H16ClN3O.